The number of amides is 1. The molecule has 2 unspecified atom stereocenters. The van der Waals surface area contributed by atoms with Crippen LogP contribution in [0.4, 0.5) is 5.69 Å². The van der Waals surface area contributed by atoms with Crippen LogP contribution in [0.25, 0.3) is 0 Å². The van der Waals surface area contributed by atoms with Gasteiger partial charge in [0.1, 0.15) is 5.75 Å². The summed E-state index contributed by atoms with van der Waals surface area (Å²) in [7, 11) is 1.77. The fourth-order valence-electron chi connectivity index (χ4n) is 2.22. The predicted octanol–water partition coefficient (Wildman–Crippen LogP) is 2.48. The molecule has 1 aromatic rings. The Hall–Kier alpha value is -1.55. The lowest BCUT2D eigenvalue weighted by Gasteiger charge is -2.33. The number of hydrogen-bond acceptors (Lipinski definition) is 3. The predicted molar refractivity (Wildman–Crippen MR) is 76.3 cm³/mol. The van der Waals surface area contributed by atoms with Crippen molar-refractivity contribution in [2.75, 3.05) is 11.9 Å². The maximum atomic E-state index is 11.9. The van der Waals surface area contributed by atoms with Gasteiger partial charge in [0.05, 0.1) is 5.69 Å². The molecule has 1 heterocycles. The van der Waals surface area contributed by atoms with Crippen molar-refractivity contribution in [2.24, 2.45) is 11.1 Å². The highest BCUT2D eigenvalue weighted by Gasteiger charge is 2.30. The molecule has 1 aliphatic rings. The molecule has 0 saturated heterocycles. The fraction of sp³-hybridized carbons (Fsp3) is 0.533. The minimum Gasteiger partial charge on any atom is -0.479 e. The SMILES string of the molecule is CC1Oc2ccc(C(N)C(C)(C)C)cc2N(C)C1=O. The Morgan fingerprint density at radius 2 is 2.00 bits per heavy atom. The average Bonchev–Trinajstić information content (AvgIpc) is 2.34. The molecule has 0 fully saturated rings. The maximum absolute atomic E-state index is 11.9. The van der Waals surface area contributed by atoms with Crippen molar-refractivity contribution in [3.63, 3.8) is 0 Å². The molecule has 0 spiro atoms. The quantitative estimate of drug-likeness (QED) is 0.846. The normalized spacial score (nSPS) is 20.8. The summed E-state index contributed by atoms with van der Waals surface area (Å²) in [6, 6.07) is 5.75. The second-order valence-electron chi connectivity index (χ2n) is 6.23. The van der Waals surface area contributed by atoms with Gasteiger partial charge in [-0.2, -0.15) is 0 Å². The van der Waals surface area contributed by atoms with Crippen LogP contribution in [0, 0.1) is 5.41 Å². The zero-order valence-electron chi connectivity index (χ0n) is 12.2. The average molecular weight is 262 g/mol. The first-order chi connectivity index (χ1) is 8.71. The molecule has 104 valence electrons. The Labute approximate surface area is 114 Å². The number of carbonyl (C=O) groups excluding carboxylic acids is 1. The number of ether oxygens (including phenoxy) is 1. The summed E-state index contributed by atoms with van der Waals surface area (Å²) in [4.78, 5) is 13.6. The van der Waals surface area contributed by atoms with E-state index < -0.39 is 6.10 Å². The first kappa shape index (κ1) is 13.9. The number of carbonyl (C=O) groups is 1. The van der Waals surface area contributed by atoms with E-state index in [1.165, 1.54) is 0 Å². The second kappa shape index (κ2) is 4.53. The second-order valence-corrected chi connectivity index (χ2v) is 6.23. The molecule has 4 nitrogen and oxygen atoms in total. The molecule has 2 atom stereocenters. The van der Waals surface area contributed by atoms with E-state index in [4.69, 9.17) is 10.5 Å². The molecule has 1 amide bonds. The van der Waals surface area contributed by atoms with Gasteiger partial charge in [-0.1, -0.05) is 26.8 Å². The van der Waals surface area contributed by atoms with Gasteiger partial charge in [-0.05, 0) is 30.0 Å². The van der Waals surface area contributed by atoms with Crippen LogP contribution in [0.2, 0.25) is 0 Å². The van der Waals surface area contributed by atoms with Crippen molar-refractivity contribution in [3.8, 4) is 5.75 Å². The third-order valence-electron chi connectivity index (χ3n) is 3.62. The van der Waals surface area contributed by atoms with Crippen LogP contribution in [0.1, 0.15) is 39.3 Å². The van der Waals surface area contributed by atoms with E-state index in [0.717, 1.165) is 17.0 Å². The fourth-order valence-corrected chi connectivity index (χ4v) is 2.22. The zero-order valence-corrected chi connectivity index (χ0v) is 12.2. The van der Waals surface area contributed by atoms with Gasteiger partial charge < -0.3 is 15.4 Å². The molecule has 1 aromatic carbocycles. The summed E-state index contributed by atoms with van der Waals surface area (Å²) in [6.07, 6.45) is -0.431. The summed E-state index contributed by atoms with van der Waals surface area (Å²) in [5.74, 6) is 0.702. The molecule has 4 heteroatoms. The number of hydrogen-bond donors (Lipinski definition) is 1. The maximum Gasteiger partial charge on any atom is 0.267 e. The highest BCUT2D eigenvalue weighted by Crippen LogP contribution is 2.38. The van der Waals surface area contributed by atoms with E-state index in [9.17, 15) is 4.79 Å². The zero-order chi connectivity index (χ0) is 14.4. The van der Waals surface area contributed by atoms with Crippen molar-refractivity contribution in [1.29, 1.82) is 0 Å². The smallest absolute Gasteiger partial charge is 0.267 e. The number of likely N-dealkylation sites (N-methyl/N-ethyl adjacent to an activating group) is 1. The molecule has 0 aliphatic carbocycles. The van der Waals surface area contributed by atoms with Crippen molar-refractivity contribution in [3.05, 3.63) is 23.8 Å². The van der Waals surface area contributed by atoms with Crippen LogP contribution in [-0.4, -0.2) is 19.1 Å². The molecule has 2 N–H and O–H groups in total. The summed E-state index contributed by atoms with van der Waals surface area (Å²) in [6.45, 7) is 8.07. The van der Waals surface area contributed by atoms with Gasteiger partial charge in [0, 0.05) is 13.1 Å². The summed E-state index contributed by atoms with van der Waals surface area (Å²) in [5, 5.41) is 0. The van der Waals surface area contributed by atoms with Crippen LogP contribution in [0.5, 0.6) is 5.75 Å². The Kier molecular flexibility index (Phi) is 3.31. The Bertz CT molecular complexity index is 505. The van der Waals surface area contributed by atoms with Gasteiger partial charge in [0.15, 0.2) is 6.10 Å². The van der Waals surface area contributed by atoms with Crippen LogP contribution in [-0.2, 0) is 4.79 Å². The van der Waals surface area contributed by atoms with Gasteiger partial charge >= 0.3 is 0 Å². The third-order valence-corrected chi connectivity index (χ3v) is 3.62. The highest BCUT2D eigenvalue weighted by atomic mass is 16.5. The summed E-state index contributed by atoms with van der Waals surface area (Å²) in [5.41, 5.74) is 8.05. The Morgan fingerprint density at radius 1 is 1.37 bits per heavy atom. The van der Waals surface area contributed by atoms with Gasteiger partial charge in [0.25, 0.3) is 5.91 Å². The number of nitrogens with two attached hydrogens (primary N) is 1. The first-order valence-electron chi connectivity index (χ1n) is 6.55. The van der Waals surface area contributed by atoms with Crippen molar-refractivity contribution >= 4 is 11.6 Å². The number of benzene rings is 1. The number of rotatable bonds is 1. The van der Waals surface area contributed by atoms with Crippen LogP contribution in [0.15, 0.2) is 18.2 Å². The lowest BCUT2D eigenvalue weighted by molar-refractivity contribution is -0.125. The van der Waals surface area contributed by atoms with E-state index in [0.29, 0.717) is 0 Å². The van der Waals surface area contributed by atoms with Crippen LogP contribution in [0.3, 0.4) is 0 Å². The molecule has 0 aromatic heterocycles. The molecule has 0 radical (unpaired) electrons. The largest absolute Gasteiger partial charge is 0.479 e. The van der Waals surface area contributed by atoms with E-state index in [1.54, 1.807) is 18.9 Å². The topological polar surface area (TPSA) is 55.6 Å². The molecule has 2 rings (SSSR count). The lowest BCUT2D eigenvalue weighted by Crippen LogP contribution is -2.42. The standard InChI is InChI=1S/C15H22N2O2/c1-9-14(18)17(5)11-8-10(6-7-12(11)19-9)13(16)15(2,3)4/h6-9,13H,16H2,1-5H3. The molecule has 0 saturated carbocycles. The molecular weight excluding hydrogens is 240 g/mol. The molecule has 1 aliphatic heterocycles. The minimum absolute atomic E-state index is 0.0281. The van der Waals surface area contributed by atoms with Crippen LogP contribution < -0.4 is 15.4 Å². The third kappa shape index (κ3) is 2.45. The molecular formula is C15H22N2O2. The lowest BCUT2D eigenvalue weighted by atomic mass is 9.83. The van der Waals surface area contributed by atoms with Crippen molar-refractivity contribution in [1.82, 2.24) is 0 Å². The first-order valence-corrected chi connectivity index (χ1v) is 6.55. The van der Waals surface area contributed by atoms with E-state index in [1.807, 2.05) is 18.2 Å². The van der Waals surface area contributed by atoms with E-state index in [-0.39, 0.29) is 17.4 Å². The van der Waals surface area contributed by atoms with Crippen LogP contribution >= 0.6 is 0 Å². The minimum atomic E-state index is -0.431. The van der Waals surface area contributed by atoms with Crippen molar-refractivity contribution < 1.29 is 9.53 Å². The van der Waals surface area contributed by atoms with Gasteiger partial charge in [0.2, 0.25) is 0 Å². The molecule has 19 heavy (non-hydrogen) atoms. The van der Waals surface area contributed by atoms with E-state index >= 15 is 0 Å². The van der Waals surface area contributed by atoms with Crippen molar-refractivity contribution in [2.45, 2.75) is 39.8 Å². The monoisotopic (exact) mass is 262 g/mol. The highest BCUT2D eigenvalue weighted by molar-refractivity contribution is 5.99. The number of fused-ring (bicyclic) bond motifs is 1. The number of anilines is 1. The Balaban J connectivity index is 2.42. The molecule has 0 bridgehead atoms. The van der Waals surface area contributed by atoms with E-state index in [2.05, 4.69) is 20.8 Å². The summed E-state index contributed by atoms with van der Waals surface area (Å²) < 4.78 is 5.60. The van der Waals surface area contributed by atoms with Gasteiger partial charge in [-0.3, -0.25) is 4.79 Å². The van der Waals surface area contributed by atoms with Gasteiger partial charge in [-0.15, -0.1) is 0 Å². The van der Waals surface area contributed by atoms with Gasteiger partial charge in [-0.25, -0.2) is 0 Å². The number of nitrogens with zero attached hydrogens (tertiary/aromatic N) is 1. The summed E-state index contributed by atoms with van der Waals surface area (Å²) >= 11 is 0. The Morgan fingerprint density at radius 3 is 2.58 bits per heavy atom.